The fourth-order valence-corrected chi connectivity index (χ4v) is 1.47. The van der Waals surface area contributed by atoms with Crippen LogP contribution < -0.4 is 9.47 Å². The van der Waals surface area contributed by atoms with Gasteiger partial charge in [0, 0.05) is 36.0 Å². The average molecular weight is 323 g/mol. The molecule has 0 saturated heterocycles. The second-order valence-electron chi connectivity index (χ2n) is 2.86. The van der Waals surface area contributed by atoms with Gasteiger partial charge in [-0.2, -0.15) is 0 Å². The van der Waals surface area contributed by atoms with Crippen LogP contribution in [0, 0.1) is 3.57 Å². The van der Waals surface area contributed by atoms with Crippen LogP contribution in [0.2, 0.25) is 0 Å². The van der Waals surface area contributed by atoms with E-state index in [-0.39, 0.29) is 0 Å². The van der Waals surface area contributed by atoms with Crippen molar-refractivity contribution in [3.8, 4) is 11.6 Å². The molecule has 0 saturated carbocycles. The van der Waals surface area contributed by atoms with E-state index >= 15 is 0 Å². The van der Waals surface area contributed by atoms with Gasteiger partial charge < -0.3 is 14.2 Å². The van der Waals surface area contributed by atoms with Crippen LogP contribution in [-0.2, 0) is 4.74 Å². The number of nitrogens with zero attached hydrogens (tertiary/aromatic N) is 1. The first kappa shape index (κ1) is 12.5. The van der Waals surface area contributed by atoms with Crippen molar-refractivity contribution in [2.45, 2.75) is 6.42 Å². The number of hydrogen-bond acceptors (Lipinski definition) is 4. The van der Waals surface area contributed by atoms with Crippen molar-refractivity contribution in [2.75, 3.05) is 27.4 Å². The Morgan fingerprint density at radius 3 is 2.80 bits per heavy atom. The number of hydrogen-bond donors (Lipinski definition) is 0. The normalized spacial score (nSPS) is 10.1. The van der Waals surface area contributed by atoms with Crippen molar-refractivity contribution in [3.63, 3.8) is 0 Å². The first-order chi connectivity index (χ1) is 7.27. The lowest BCUT2D eigenvalue weighted by molar-refractivity contribution is 0.170. The van der Waals surface area contributed by atoms with E-state index < -0.39 is 0 Å². The van der Waals surface area contributed by atoms with Crippen LogP contribution in [0.15, 0.2) is 12.3 Å². The van der Waals surface area contributed by atoms with Crippen molar-refractivity contribution < 1.29 is 14.2 Å². The molecule has 4 nitrogen and oxygen atoms in total. The van der Waals surface area contributed by atoms with Crippen LogP contribution in [0.5, 0.6) is 11.6 Å². The van der Waals surface area contributed by atoms with Crippen LogP contribution in [0.1, 0.15) is 6.42 Å². The third-order valence-corrected chi connectivity index (χ3v) is 2.32. The van der Waals surface area contributed by atoms with E-state index in [1.807, 2.05) is 6.07 Å². The molecule has 1 aromatic rings. The molecule has 15 heavy (non-hydrogen) atoms. The zero-order valence-corrected chi connectivity index (χ0v) is 11.0. The van der Waals surface area contributed by atoms with Crippen molar-refractivity contribution in [1.82, 2.24) is 4.98 Å². The molecule has 1 heterocycles. The topological polar surface area (TPSA) is 40.6 Å². The first-order valence-corrected chi connectivity index (χ1v) is 5.67. The van der Waals surface area contributed by atoms with Gasteiger partial charge in [-0.15, -0.1) is 0 Å². The second kappa shape index (κ2) is 6.84. The van der Waals surface area contributed by atoms with Gasteiger partial charge >= 0.3 is 0 Å². The zero-order chi connectivity index (χ0) is 11.1. The highest BCUT2D eigenvalue weighted by molar-refractivity contribution is 14.1. The minimum absolute atomic E-state index is 0.521. The Kier molecular flexibility index (Phi) is 5.70. The highest BCUT2D eigenvalue weighted by atomic mass is 127. The third-order valence-electron chi connectivity index (χ3n) is 1.73. The number of rotatable bonds is 6. The highest BCUT2D eigenvalue weighted by Gasteiger charge is 2.05. The molecule has 0 atom stereocenters. The largest absolute Gasteiger partial charge is 0.488 e. The molecule has 0 aliphatic heterocycles. The van der Waals surface area contributed by atoms with Crippen molar-refractivity contribution >= 4 is 22.6 Å². The number of ether oxygens (including phenoxy) is 3. The van der Waals surface area contributed by atoms with E-state index in [2.05, 4.69) is 27.6 Å². The molecular formula is C10H14INO3. The van der Waals surface area contributed by atoms with Crippen LogP contribution >= 0.6 is 22.6 Å². The fourth-order valence-electron chi connectivity index (χ4n) is 1.05. The van der Waals surface area contributed by atoms with Crippen LogP contribution in [0.25, 0.3) is 0 Å². The standard InChI is InChI=1S/C10H14INO3/c1-13-4-3-5-15-9-6-8(11)7-12-10(9)14-2/h6-7H,3-5H2,1-2H3. The van der Waals surface area contributed by atoms with E-state index in [1.54, 1.807) is 20.4 Å². The molecule has 0 N–H and O–H groups in total. The van der Waals surface area contributed by atoms with Gasteiger partial charge in [-0.05, 0) is 22.6 Å². The van der Waals surface area contributed by atoms with E-state index in [0.717, 1.165) is 9.99 Å². The quantitative estimate of drug-likeness (QED) is 0.594. The Hall–Kier alpha value is -0.560. The lowest BCUT2D eigenvalue weighted by Crippen LogP contribution is -2.03. The van der Waals surface area contributed by atoms with E-state index in [0.29, 0.717) is 24.8 Å². The summed E-state index contributed by atoms with van der Waals surface area (Å²) in [6, 6.07) is 1.90. The maximum atomic E-state index is 5.54. The van der Waals surface area contributed by atoms with Gasteiger partial charge in [-0.3, -0.25) is 0 Å². The molecule has 84 valence electrons. The van der Waals surface area contributed by atoms with Crippen molar-refractivity contribution in [2.24, 2.45) is 0 Å². The second-order valence-corrected chi connectivity index (χ2v) is 4.10. The van der Waals surface area contributed by atoms with Gasteiger partial charge in [0.25, 0.3) is 5.88 Å². The predicted octanol–water partition coefficient (Wildman–Crippen LogP) is 2.11. The molecule has 0 aliphatic rings. The molecule has 0 unspecified atom stereocenters. The summed E-state index contributed by atoms with van der Waals surface area (Å²) in [6.45, 7) is 1.30. The lowest BCUT2D eigenvalue weighted by Gasteiger charge is -2.09. The van der Waals surface area contributed by atoms with Gasteiger partial charge in [0.1, 0.15) is 0 Å². The van der Waals surface area contributed by atoms with Crippen LogP contribution in [0.4, 0.5) is 0 Å². The zero-order valence-electron chi connectivity index (χ0n) is 8.83. The molecule has 0 aliphatic carbocycles. The van der Waals surface area contributed by atoms with E-state index in [4.69, 9.17) is 14.2 Å². The van der Waals surface area contributed by atoms with Gasteiger partial charge in [0.05, 0.1) is 13.7 Å². The Morgan fingerprint density at radius 2 is 2.13 bits per heavy atom. The summed E-state index contributed by atoms with van der Waals surface area (Å²) in [7, 11) is 3.25. The Morgan fingerprint density at radius 1 is 1.33 bits per heavy atom. The molecule has 1 rings (SSSR count). The number of halogens is 1. The van der Waals surface area contributed by atoms with Crippen molar-refractivity contribution in [3.05, 3.63) is 15.8 Å². The lowest BCUT2D eigenvalue weighted by atomic mass is 10.4. The summed E-state index contributed by atoms with van der Waals surface area (Å²) in [6.07, 6.45) is 2.59. The number of methoxy groups -OCH3 is 2. The van der Waals surface area contributed by atoms with Crippen LogP contribution in [-0.4, -0.2) is 32.4 Å². The smallest absolute Gasteiger partial charge is 0.256 e. The highest BCUT2D eigenvalue weighted by Crippen LogP contribution is 2.25. The minimum atomic E-state index is 0.521. The molecule has 0 aromatic carbocycles. The summed E-state index contributed by atoms with van der Waals surface area (Å²) in [4.78, 5) is 4.11. The Labute approximate surface area is 103 Å². The summed E-state index contributed by atoms with van der Waals surface area (Å²) in [5, 5.41) is 0. The van der Waals surface area contributed by atoms with Gasteiger partial charge in [0.2, 0.25) is 0 Å². The van der Waals surface area contributed by atoms with E-state index in [1.165, 1.54) is 0 Å². The molecule has 0 amide bonds. The predicted molar refractivity (Wildman–Crippen MR) is 65.5 cm³/mol. The minimum Gasteiger partial charge on any atom is -0.488 e. The SMILES string of the molecule is COCCCOc1cc(I)cnc1OC. The van der Waals surface area contributed by atoms with Crippen molar-refractivity contribution in [1.29, 1.82) is 0 Å². The monoisotopic (exact) mass is 323 g/mol. The Balaban J connectivity index is 2.54. The van der Waals surface area contributed by atoms with Gasteiger partial charge in [-0.1, -0.05) is 0 Å². The first-order valence-electron chi connectivity index (χ1n) is 4.59. The summed E-state index contributed by atoms with van der Waals surface area (Å²) in [5.41, 5.74) is 0. The summed E-state index contributed by atoms with van der Waals surface area (Å²) >= 11 is 2.18. The van der Waals surface area contributed by atoms with Gasteiger partial charge in [-0.25, -0.2) is 4.98 Å². The molecule has 1 aromatic heterocycles. The van der Waals surface area contributed by atoms with Gasteiger partial charge in [0.15, 0.2) is 5.75 Å². The molecule has 0 bridgehead atoms. The Bertz CT molecular complexity index is 307. The number of pyridine rings is 1. The molecule has 0 spiro atoms. The molecule has 0 radical (unpaired) electrons. The average Bonchev–Trinajstić information content (AvgIpc) is 2.25. The third kappa shape index (κ3) is 4.21. The number of aromatic nitrogens is 1. The summed E-state index contributed by atoms with van der Waals surface area (Å²) < 4.78 is 16.6. The maximum Gasteiger partial charge on any atom is 0.256 e. The maximum absolute atomic E-state index is 5.54. The summed E-state index contributed by atoms with van der Waals surface area (Å²) in [5.74, 6) is 1.20. The fraction of sp³-hybridized carbons (Fsp3) is 0.500. The molecule has 5 heteroatoms. The molecular weight excluding hydrogens is 309 g/mol. The molecule has 0 fully saturated rings. The van der Waals surface area contributed by atoms with E-state index in [9.17, 15) is 0 Å². The van der Waals surface area contributed by atoms with Crippen LogP contribution in [0.3, 0.4) is 0 Å².